The van der Waals surface area contributed by atoms with Crippen molar-refractivity contribution in [3.63, 3.8) is 0 Å². The molecule has 2 amide bonds. The zero-order valence-corrected chi connectivity index (χ0v) is 27.6. The molecule has 0 radical (unpaired) electrons. The Morgan fingerprint density at radius 1 is 0.708 bits per heavy atom. The fraction of sp³-hybridized carbons (Fsp3) is 0.225. The molecule has 5 aromatic carbocycles. The Balaban J connectivity index is 1.28. The van der Waals surface area contributed by atoms with Crippen molar-refractivity contribution in [2.45, 2.75) is 37.8 Å². The van der Waals surface area contributed by atoms with Gasteiger partial charge in [0.2, 0.25) is 5.91 Å². The minimum Gasteiger partial charge on any atom is -0.370 e. The first-order valence-electron chi connectivity index (χ1n) is 16.4. The minimum absolute atomic E-state index is 0.0440. The normalized spacial score (nSPS) is 16.1. The average molecular weight is 658 g/mol. The lowest BCUT2D eigenvalue weighted by Crippen LogP contribution is -2.62. The van der Waals surface area contributed by atoms with E-state index in [-0.39, 0.29) is 36.3 Å². The van der Waals surface area contributed by atoms with Crippen LogP contribution in [0.3, 0.4) is 0 Å². The number of carbonyl (C=O) groups excluding carboxylic acids is 2. The van der Waals surface area contributed by atoms with E-state index in [1.54, 1.807) is 0 Å². The predicted octanol–water partition coefficient (Wildman–Crippen LogP) is 6.72. The molecule has 0 spiro atoms. The Kier molecular flexibility index (Phi) is 10.4. The number of benzene rings is 5. The SMILES string of the molecule is NC(N)=NCCCC1CN(C(=O)Cc2ccc3ccccc3c2)C(Cc2ccccc2)CN1C(=O)c1ccc(-c2ccc(Cl)cc2)cc1. The second-order valence-electron chi connectivity index (χ2n) is 12.4. The van der Waals surface area contributed by atoms with Crippen LogP contribution < -0.4 is 11.5 Å². The number of carbonyl (C=O) groups is 2. The van der Waals surface area contributed by atoms with Crippen LogP contribution in [0.2, 0.25) is 5.02 Å². The van der Waals surface area contributed by atoms with E-state index in [4.69, 9.17) is 23.1 Å². The van der Waals surface area contributed by atoms with Gasteiger partial charge in [-0.05, 0) is 76.6 Å². The van der Waals surface area contributed by atoms with Crippen molar-refractivity contribution in [2.24, 2.45) is 16.5 Å². The number of nitrogens with two attached hydrogens (primary N) is 2. The lowest BCUT2D eigenvalue weighted by Gasteiger charge is -2.47. The quantitative estimate of drug-likeness (QED) is 0.0988. The molecule has 0 saturated carbocycles. The number of hydrogen-bond donors (Lipinski definition) is 2. The van der Waals surface area contributed by atoms with Gasteiger partial charge < -0.3 is 21.3 Å². The third kappa shape index (κ3) is 8.04. The monoisotopic (exact) mass is 657 g/mol. The topological polar surface area (TPSA) is 105 Å². The number of halogens is 1. The highest BCUT2D eigenvalue weighted by atomic mass is 35.5. The Morgan fingerprint density at radius 2 is 1.35 bits per heavy atom. The molecule has 1 aliphatic heterocycles. The van der Waals surface area contributed by atoms with Crippen molar-refractivity contribution in [2.75, 3.05) is 19.6 Å². The molecule has 0 aromatic heterocycles. The highest BCUT2D eigenvalue weighted by Gasteiger charge is 2.38. The van der Waals surface area contributed by atoms with Crippen LogP contribution in [0.4, 0.5) is 0 Å². The van der Waals surface area contributed by atoms with Crippen molar-refractivity contribution in [1.82, 2.24) is 9.80 Å². The molecule has 1 aliphatic rings. The van der Waals surface area contributed by atoms with E-state index in [1.807, 2.05) is 94.7 Å². The van der Waals surface area contributed by atoms with Gasteiger partial charge in [0, 0.05) is 36.3 Å². The van der Waals surface area contributed by atoms with Gasteiger partial charge in [-0.2, -0.15) is 0 Å². The molecule has 7 nitrogen and oxygen atoms in total. The number of aliphatic imine (C=N–C) groups is 1. The summed E-state index contributed by atoms with van der Waals surface area (Å²) in [4.78, 5) is 36.6. The van der Waals surface area contributed by atoms with Crippen molar-refractivity contribution >= 4 is 40.1 Å². The number of hydrogen-bond acceptors (Lipinski definition) is 3. The molecule has 244 valence electrons. The van der Waals surface area contributed by atoms with Crippen molar-refractivity contribution < 1.29 is 9.59 Å². The Hall–Kier alpha value is -5.14. The largest absolute Gasteiger partial charge is 0.370 e. The molecule has 1 saturated heterocycles. The number of rotatable bonds is 10. The van der Waals surface area contributed by atoms with Crippen LogP contribution in [0.25, 0.3) is 21.9 Å². The van der Waals surface area contributed by atoms with Crippen LogP contribution >= 0.6 is 11.6 Å². The van der Waals surface area contributed by atoms with Crippen LogP contribution in [0.5, 0.6) is 0 Å². The first kappa shape index (κ1) is 32.8. The van der Waals surface area contributed by atoms with E-state index in [9.17, 15) is 9.59 Å². The third-order valence-electron chi connectivity index (χ3n) is 9.06. The number of nitrogens with zero attached hydrogens (tertiary/aromatic N) is 3. The molecule has 1 fully saturated rings. The van der Waals surface area contributed by atoms with E-state index < -0.39 is 0 Å². The zero-order valence-electron chi connectivity index (χ0n) is 26.8. The lowest BCUT2D eigenvalue weighted by atomic mass is 9.95. The number of guanidine groups is 1. The van der Waals surface area contributed by atoms with Crippen LogP contribution in [0.15, 0.2) is 126 Å². The summed E-state index contributed by atoms with van der Waals surface area (Å²) in [6.07, 6.45) is 2.27. The Labute approximate surface area is 286 Å². The van der Waals surface area contributed by atoms with Gasteiger partial charge >= 0.3 is 0 Å². The first-order chi connectivity index (χ1) is 23.3. The maximum Gasteiger partial charge on any atom is 0.254 e. The molecule has 4 N–H and O–H groups in total. The summed E-state index contributed by atoms with van der Waals surface area (Å²) in [6, 6.07) is 39.5. The van der Waals surface area contributed by atoms with Gasteiger partial charge in [-0.15, -0.1) is 0 Å². The molecule has 0 bridgehead atoms. The molecule has 1 heterocycles. The fourth-order valence-corrected chi connectivity index (χ4v) is 6.71. The van der Waals surface area contributed by atoms with E-state index >= 15 is 0 Å². The van der Waals surface area contributed by atoms with Gasteiger partial charge in [-0.3, -0.25) is 14.6 Å². The first-order valence-corrected chi connectivity index (χ1v) is 16.8. The van der Waals surface area contributed by atoms with Crippen LogP contribution in [0.1, 0.15) is 34.3 Å². The highest BCUT2D eigenvalue weighted by Crippen LogP contribution is 2.27. The van der Waals surface area contributed by atoms with Crippen LogP contribution in [0, 0.1) is 0 Å². The van der Waals surface area contributed by atoms with Crippen LogP contribution in [-0.4, -0.2) is 59.3 Å². The minimum atomic E-state index is -0.199. The molecule has 0 aliphatic carbocycles. The molecule has 8 heteroatoms. The van der Waals surface area contributed by atoms with E-state index in [0.717, 1.165) is 33.0 Å². The lowest BCUT2D eigenvalue weighted by molar-refractivity contribution is -0.136. The van der Waals surface area contributed by atoms with Crippen molar-refractivity contribution in [1.29, 1.82) is 0 Å². The zero-order chi connectivity index (χ0) is 33.5. The van der Waals surface area contributed by atoms with Gasteiger partial charge in [0.25, 0.3) is 5.91 Å². The summed E-state index contributed by atoms with van der Waals surface area (Å²) in [5.41, 5.74) is 15.9. The molecule has 2 unspecified atom stereocenters. The Morgan fingerprint density at radius 3 is 2.06 bits per heavy atom. The smallest absolute Gasteiger partial charge is 0.254 e. The molecule has 5 aromatic rings. The summed E-state index contributed by atoms with van der Waals surface area (Å²) in [5.74, 6) is 0.0477. The van der Waals surface area contributed by atoms with Crippen molar-refractivity contribution in [3.8, 4) is 11.1 Å². The van der Waals surface area contributed by atoms with E-state index in [0.29, 0.717) is 49.5 Å². The molecule has 2 atom stereocenters. The predicted molar refractivity (Wildman–Crippen MR) is 195 cm³/mol. The summed E-state index contributed by atoms with van der Waals surface area (Å²) in [6.45, 7) is 1.30. The number of piperazine rings is 1. The highest BCUT2D eigenvalue weighted by molar-refractivity contribution is 6.30. The van der Waals surface area contributed by atoms with E-state index in [1.165, 1.54) is 0 Å². The molecular weight excluding hydrogens is 618 g/mol. The summed E-state index contributed by atoms with van der Waals surface area (Å²) < 4.78 is 0. The second kappa shape index (κ2) is 15.2. The fourth-order valence-electron chi connectivity index (χ4n) is 6.58. The van der Waals surface area contributed by atoms with E-state index in [2.05, 4.69) is 41.4 Å². The number of fused-ring (bicyclic) bond motifs is 1. The average Bonchev–Trinajstić information content (AvgIpc) is 3.11. The van der Waals surface area contributed by atoms with Gasteiger partial charge in [0.05, 0.1) is 12.5 Å². The number of amides is 2. The maximum atomic E-state index is 14.3. The Bertz CT molecular complexity index is 1890. The van der Waals surface area contributed by atoms with Crippen LogP contribution in [-0.2, 0) is 17.6 Å². The second-order valence-corrected chi connectivity index (χ2v) is 12.8. The molecule has 6 rings (SSSR count). The van der Waals surface area contributed by atoms with Gasteiger partial charge in [-0.1, -0.05) is 109 Å². The maximum absolute atomic E-state index is 14.3. The van der Waals surface area contributed by atoms with Gasteiger partial charge in [-0.25, -0.2) is 0 Å². The summed E-state index contributed by atoms with van der Waals surface area (Å²) in [5, 5.41) is 2.93. The third-order valence-corrected chi connectivity index (χ3v) is 9.31. The van der Waals surface area contributed by atoms with Crippen molar-refractivity contribution in [3.05, 3.63) is 143 Å². The molecule has 48 heavy (non-hydrogen) atoms. The summed E-state index contributed by atoms with van der Waals surface area (Å²) >= 11 is 6.09. The summed E-state index contributed by atoms with van der Waals surface area (Å²) in [7, 11) is 0. The molecular formula is C40H40ClN5O2. The van der Waals surface area contributed by atoms with Gasteiger partial charge in [0.1, 0.15) is 0 Å². The standard InChI is InChI=1S/C40H40ClN5O2/c41-35-20-18-32(19-21-35)31-14-16-33(17-15-31)39(48)46-27-37(24-28-7-2-1-3-8-28)45(26-36(46)11-6-22-44-40(42)43)38(47)25-29-12-13-30-9-4-5-10-34(30)23-29/h1-5,7-10,12-21,23,36-37H,6,11,22,24-27H2,(H4,42,43,44). The van der Waals surface area contributed by atoms with Gasteiger partial charge in [0.15, 0.2) is 5.96 Å².